The van der Waals surface area contributed by atoms with Gasteiger partial charge in [-0.15, -0.1) is 0 Å². The van der Waals surface area contributed by atoms with Crippen LogP contribution in [-0.2, 0) is 24.3 Å². The van der Waals surface area contributed by atoms with E-state index in [1.54, 1.807) is 6.92 Å². The zero-order valence-electron chi connectivity index (χ0n) is 17.6. The van der Waals surface area contributed by atoms with E-state index in [1.165, 1.54) is 0 Å². The van der Waals surface area contributed by atoms with Crippen LogP contribution in [0, 0.1) is 0 Å². The van der Waals surface area contributed by atoms with E-state index in [9.17, 15) is 4.79 Å². The highest BCUT2D eigenvalue weighted by molar-refractivity contribution is 5.73. The monoisotopic (exact) mass is 394 g/mol. The Hall–Kier alpha value is -2.41. The van der Waals surface area contributed by atoms with Crippen LogP contribution < -0.4 is 0 Å². The summed E-state index contributed by atoms with van der Waals surface area (Å²) in [5, 5.41) is 0. The molecule has 0 spiro atoms. The summed E-state index contributed by atoms with van der Waals surface area (Å²) in [5.41, 5.74) is 3.36. The van der Waals surface area contributed by atoms with Gasteiger partial charge in [-0.3, -0.25) is 9.69 Å². The second-order valence-electron chi connectivity index (χ2n) is 8.57. The minimum absolute atomic E-state index is 0.119. The molecule has 7 nitrogen and oxygen atoms in total. The van der Waals surface area contributed by atoms with E-state index < -0.39 is 0 Å². The standard InChI is InChI=1S/C22H30N6O/c1-15(2)21-23-9-17(10-24-21)12-27-7-4-5-18(13-27)22-25-11-19-14-28(16(3)29)8-6-20(19)26-22/h9-11,15,18H,4-8,12-14H2,1-3H3/t18-/m1/s1. The quantitative estimate of drug-likeness (QED) is 0.794. The molecule has 0 unspecified atom stereocenters. The van der Waals surface area contributed by atoms with Gasteiger partial charge >= 0.3 is 0 Å². The molecule has 1 saturated heterocycles. The van der Waals surface area contributed by atoms with E-state index in [2.05, 4.69) is 33.7 Å². The SMILES string of the molecule is CC(=O)N1CCc2nc([C@@H]3CCCN(Cc4cnc(C(C)C)nc4)C3)ncc2C1. The third-order valence-corrected chi connectivity index (χ3v) is 5.92. The molecular formula is C22H30N6O. The van der Waals surface area contributed by atoms with Crippen LogP contribution in [0.3, 0.4) is 0 Å². The highest BCUT2D eigenvalue weighted by Crippen LogP contribution is 2.27. The predicted molar refractivity (Wildman–Crippen MR) is 110 cm³/mol. The first kappa shape index (κ1) is 19.9. The van der Waals surface area contributed by atoms with Gasteiger partial charge in [-0.25, -0.2) is 19.9 Å². The second-order valence-corrected chi connectivity index (χ2v) is 8.57. The average molecular weight is 395 g/mol. The molecule has 154 valence electrons. The van der Waals surface area contributed by atoms with Crippen molar-refractivity contribution in [1.82, 2.24) is 29.7 Å². The first-order chi connectivity index (χ1) is 14.0. The predicted octanol–water partition coefficient (Wildman–Crippen LogP) is 2.67. The first-order valence-corrected chi connectivity index (χ1v) is 10.6. The Kier molecular flexibility index (Phi) is 5.85. The molecule has 1 atom stereocenters. The Balaban J connectivity index is 1.41. The fourth-order valence-electron chi connectivity index (χ4n) is 4.21. The number of aromatic nitrogens is 4. The van der Waals surface area contributed by atoms with Crippen molar-refractivity contribution in [3.8, 4) is 0 Å². The number of likely N-dealkylation sites (tertiary alicyclic amines) is 1. The van der Waals surface area contributed by atoms with E-state index >= 15 is 0 Å². The molecule has 1 fully saturated rings. The summed E-state index contributed by atoms with van der Waals surface area (Å²) in [6, 6.07) is 0. The lowest BCUT2D eigenvalue weighted by molar-refractivity contribution is -0.129. The number of carbonyl (C=O) groups excluding carboxylic acids is 1. The van der Waals surface area contributed by atoms with E-state index in [0.717, 1.165) is 73.9 Å². The van der Waals surface area contributed by atoms with E-state index in [-0.39, 0.29) is 5.91 Å². The Bertz CT molecular complexity index is 866. The summed E-state index contributed by atoms with van der Waals surface area (Å²) in [6.07, 6.45) is 8.95. The molecule has 0 bridgehead atoms. The van der Waals surface area contributed by atoms with Gasteiger partial charge < -0.3 is 4.90 Å². The van der Waals surface area contributed by atoms with Gasteiger partial charge in [0.25, 0.3) is 0 Å². The zero-order chi connectivity index (χ0) is 20.4. The van der Waals surface area contributed by atoms with E-state index in [0.29, 0.717) is 18.4 Å². The smallest absolute Gasteiger partial charge is 0.219 e. The molecule has 2 aromatic heterocycles. The summed E-state index contributed by atoms with van der Waals surface area (Å²) >= 11 is 0. The Morgan fingerprint density at radius 3 is 2.69 bits per heavy atom. The third kappa shape index (κ3) is 4.61. The Morgan fingerprint density at radius 1 is 1.17 bits per heavy atom. The largest absolute Gasteiger partial charge is 0.338 e. The van der Waals surface area contributed by atoms with E-state index in [4.69, 9.17) is 4.98 Å². The lowest BCUT2D eigenvalue weighted by atomic mass is 9.96. The molecule has 0 aliphatic carbocycles. The highest BCUT2D eigenvalue weighted by Gasteiger charge is 2.26. The van der Waals surface area contributed by atoms with Gasteiger partial charge in [-0.05, 0) is 19.4 Å². The molecule has 0 aromatic carbocycles. The lowest BCUT2D eigenvalue weighted by Gasteiger charge is -2.33. The van der Waals surface area contributed by atoms with Crippen LogP contribution in [-0.4, -0.2) is 55.3 Å². The molecular weight excluding hydrogens is 364 g/mol. The highest BCUT2D eigenvalue weighted by atomic mass is 16.2. The van der Waals surface area contributed by atoms with Crippen LogP contribution >= 0.6 is 0 Å². The molecule has 2 aliphatic rings. The summed E-state index contributed by atoms with van der Waals surface area (Å²) in [7, 11) is 0. The number of hydrogen-bond acceptors (Lipinski definition) is 6. The van der Waals surface area contributed by atoms with Crippen LogP contribution in [0.2, 0.25) is 0 Å². The number of rotatable bonds is 4. The summed E-state index contributed by atoms with van der Waals surface area (Å²) in [4.78, 5) is 34.5. The molecule has 2 aliphatic heterocycles. The minimum atomic E-state index is 0.119. The third-order valence-electron chi connectivity index (χ3n) is 5.92. The van der Waals surface area contributed by atoms with Crippen molar-refractivity contribution in [2.45, 2.75) is 65.0 Å². The van der Waals surface area contributed by atoms with Crippen LogP contribution in [0.5, 0.6) is 0 Å². The van der Waals surface area contributed by atoms with Gasteiger partial charge in [-0.2, -0.15) is 0 Å². The van der Waals surface area contributed by atoms with Gasteiger partial charge in [0.2, 0.25) is 5.91 Å². The van der Waals surface area contributed by atoms with Crippen LogP contribution in [0.25, 0.3) is 0 Å². The maximum atomic E-state index is 11.6. The van der Waals surface area contributed by atoms with Crippen LogP contribution in [0.1, 0.15) is 73.9 Å². The van der Waals surface area contributed by atoms with Crippen molar-refractivity contribution in [3.63, 3.8) is 0 Å². The van der Waals surface area contributed by atoms with Gasteiger partial charge in [0.15, 0.2) is 0 Å². The molecule has 7 heteroatoms. The van der Waals surface area contributed by atoms with Crippen LogP contribution in [0.15, 0.2) is 18.6 Å². The minimum Gasteiger partial charge on any atom is -0.338 e. The molecule has 4 rings (SSSR count). The fourth-order valence-corrected chi connectivity index (χ4v) is 4.21. The van der Waals surface area contributed by atoms with Crippen molar-refractivity contribution in [3.05, 3.63) is 47.1 Å². The van der Waals surface area contributed by atoms with E-state index in [1.807, 2.05) is 23.5 Å². The normalized spacial score (nSPS) is 20.0. The Morgan fingerprint density at radius 2 is 1.97 bits per heavy atom. The number of nitrogens with zero attached hydrogens (tertiary/aromatic N) is 6. The molecule has 4 heterocycles. The topological polar surface area (TPSA) is 75.1 Å². The van der Waals surface area contributed by atoms with Crippen molar-refractivity contribution in [2.75, 3.05) is 19.6 Å². The lowest BCUT2D eigenvalue weighted by Crippen LogP contribution is -2.36. The Labute approximate surface area is 172 Å². The average Bonchev–Trinajstić information content (AvgIpc) is 2.73. The van der Waals surface area contributed by atoms with Crippen LogP contribution in [0.4, 0.5) is 0 Å². The fraction of sp³-hybridized carbons (Fsp3) is 0.591. The molecule has 29 heavy (non-hydrogen) atoms. The van der Waals surface area contributed by atoms with Gasteiger partial charge in [0.05, 0.1) is 5.69 Å². The molecule has 0 saturated carbocycles. The number of hydrogen-bond donors (Lipinski definition) is 0. The molecule has 0 radical (unpaired) electrons. The number of carbonyl (C=O) groups is 1. The number of fused-ring (bicyclic) bond motifs is 1. The van der Waals surface area contributed by atoms with Crippen molar-refractivity contribution < 1.29 is 4.79 Å². The number of piperidine rings is 1. The molecule has 1 amide bonds. The number of amides is 1. The van der Waals surface area contributed by atoms with Gasteiger partial charge in [-0.1, -0.05) is 13.8 Å². The van der Waals surface area contributed by atoms with Gasteiger partial charge in [0, 0.05) is 81.1 Å². The molecule has 0 N–H and O–H groups in total. The second kappa shape index (κ2) is 8.53. The van der Waals surface area contributed by atoms with Crippen molar-refractivity contribution >= 4 is 5.91 Å². The summed E-state index contributed by atoms with van der Waals surface area (Å²) in [6.45, 7) is 10.1. The maximum Gasteiger partial charge on any atom is 0.219 e. The van der Waals surface area contributed by atoms with Crippen molar-refractivity contribution in [2.24, 2.45) is 0 Å². The first-order valence-electron chi connectivity index (χ1n) is 10.6. The zero-order valence-corrected chi connectivity index (χ0v) is 17.6. The molecule has 2 aromatic rings. The van der Waals surface area contributed by atoms with Crippen molar-refractivity contribution in [1.29, 1.82) is 0 Å². The maximum absolute atomic E-state index is 11.6. The van der Waals surface area contributed by atoms with Gasteiger partial charge in [0.1, 0.15) is 11.6 Å². The summed E-state index contributed by atoms with van der Waals surface area (Å²) < 4.78 is 0. The summed E-state index contributed by atoms with van der Waals surface area (Å²) in [5.74, 6) is 2.68.